The highest BCUT2D eigenvalue weighted by molar-refractivity contribution is 7.89. The molecule has 1 aromatic carbocycles. The molecule has 1 amide bonds. The van der Waals surface area contributed by atoms with Crippen molar-refractivity contribution in [3.63, 3.8) is 0 Å². The van der Waals surface area contributed by atoms with Gasteiger partial charge in [0.2, 0.25) is 15.9 Å². The molecule has 8 heteroatoms. The van der Waals surface area contributed by atoms with Crippen LogP contribution in [-0.2, 0) is 14.8 Å². The van der Waals surface area contributed by atoms with Crippen LogP contribution >= 0.6 is 0 Å². The number of amides is 1. The molecule has 0 spiro atoms. The summed E-state index contributed by atoms with van der Waals surface area (Å²) in [5, 5.41) is 0. The van der Waals surface area contributed by atoms with Crippen molar-refractivity contribution in [2.75, 3.05) is 26.2 Å². The van der Waals surface area contributed by atoms with Crippen molar-refractivity contribution in [1.82, 2.24) is 9.21 Å². The van der Waals surface area contributed by atoms with Gasteiger partial charge >= 0.3 is 0 Å². The van der Waals surface area contributed by atoms with Gasteiger partial charge in [-0.05, 0) is 43.4 Å². The van der Waals surface area contributed by atoms with E-state index in [2.05, 4.69) is 19.9 Å². The average molecular weight is 413 g/mol. The molecule has 154 valence electrons. The quantitative estimate of drug-likeness (QED) is 0.715. The van der Waals surface area contributed by atoms with Gasteiger partial charge in [0.05, 0.1) is 10.8 Å². The van der Waals surface area contributed by atoms with Gasteiger partial charge in [-0.2, -0.15) is 4.31 Å². The van der Waals surface area contributed by atoms with Crippen LogP contribution < -0.4 is 0 Å². The number of benzene rings is 1. The summed E-state index contributed by atoms with van der Waals surface area (Å²) in [6, 6.07) is 2.56. The number of hydrogen-bond donors (Lipinski definition) is 0. The van der Waals surface area contributed by atoms with E-state index in [9.17, 15) is 22.0 Å². The lowest BCUT2D eigenvalue weighted by Crippen LogP contribution is -2.51. The van der Waals surface area contributed by atoms with Crippen LogP contribution in [-0.4, -0.2) is 49.7 Å². The lowest BCUT2D eigenvalue weighted by atomic mass is 10.1. The maximum absolute atomic E-state index is 13.4. The van der Waals surface area contributed by atoms with E-state index in [1.807, 2.05) is 13.8 Å². The topological polar surface area (TPSA) is 57.7 Å². The summed E-state index contributed by atoms with van der Waals surface area (Å²) in [4.78, 5) is 14.3. The highest BCUT2D eigenvalue weighted by Gasteiger charge is 2.61. The molecule has 2 fully saturated rings. The first-order valence-corrected chi connectivity index (χ1v) is 10.8. The molecule has 2 aliphatic rings. The third-order valence-electron chi connectivity index (χ3n) is 5.77. The van der Waals surface area contributed by atoms with Crippen LogP contribution in [0.1, 0.15) is 27.7 Å². The standard InChI is InChI=1S/C20H26F2N2O3S/c1-13(2)11-15-18(20(15,3)4)19(25)23-7-9-24(10-8-23)28(26,27)14-5-6-16(21)17(22)12-14/h5-6,11-12,15,18H,7-10H2,1-4H3. The summed E-state index contributed by atoms with van der Waals surface area (Å²) in [7, 11) is -3.93. The van der Waals surface area contributed by atoms with E-state index < -0.39 is 21.7 Å². The van der Waals surface area contributed by atoms with Crippen molar-refractivity contribution in [3.8, 4) is 0 Å². The van der Waals surface area contributed by atoms with Crippen molar-refractivity contribution >= 4 is 15.9 Å². The highest BCUT2D eigenvalue weighted by atomic mass is 32.2. The molecule has 5 nitrogen and oxygen atoms in total. The maximum Gasteiger partial charge on any atom is 0.243 e. The lowest BCUT2D eigenvalue weighted by molar-refractivity contribution is -0.134. The number of rotatable bonds is 4. The van der Waals surface area contributed by atoms with Gasteiger partial charge in [0.25, 0.3) is 0 Å². The number of carbonyl (C=O) groups is 1. The fourth-order valence-electron chi connectivity index (χ4n) is 3.95. The number of halogens is 2. The summed E-state index contributed by atoms with van der Waals surface area (Å²) < 4.78 is 53.1. The number of carbonyl (C=O) groups excluding carboxylic acids is 1. The van der Waals surface area contributed by atoms with Crippen LogP contribution in [0.25, 0.3) is 0 Å². The molecule has 1 saturated carbocycles. The first-order valence-electron chi connectivity index (χ1n) is 9.35. The zero-order valence-corrected chi connectivity index (χ0v) is 17.4. The Morgan fingerprint density at radius 2 is 1.71 bits per heavy atom. The van der Waals surface area contributed by atoms with Crippen LogP contribution in [0.15, 0.2) is 34.7 Å². The molecule has 1 heterocycles. The smallest absolute Gasteiger partial charge is 0.243 e. The second-order valence-electron chi connectivity index (χ2n) is 8.37. The Bertz CT molecular complexity index is 915. The van der Waals surface area contributed by atoms with E-state index >= 15 is 0 Å². The summed E-state index contributed by atoms with van der Waals surface area (Å²) >= 11 is 0. The van der Waals surface area contributed by atoms with E-state index in [0.29, 0.717) is 6.07 Å². The summed E-state index contributed by atoms with van der Waals surface area (Å²) in [5.74, 6) is -2.12. The number of piperazine rings is 1. The SMILES string of the molecule is CC(C)=CC1C(C(=O)N2CCN(S(=O)(=O)c3ccc(F)c(F)c3)CC2)C1(C)C. The highest BCUT2D eigenvalue weighted by Crippen LogP contribution is 2.60. The first-order chi connectivity index (χ1) is 13.0. The zero-order valence-electron chi connectivity index (χ0n) is 16.6. The lowest BCUT2D eigenvalue weighted by Gasteiger charge is -2.34. The maximum atomic E-state index is 13.4. The second-order valence-corrected chi connectivity index (χ2v) is 10.3. The Morgan fingerprint density at radius 1 is 1.11 bits per heavy atom. The fourth-order valence-corrected chi connectivity index (χ4v) is 5.39. The van der Waals surface area contributed by atoms with Gasteiger partial charge in [0.15, 0.2) is 11.6 Å². The van der Waals surface area contributed by atoms with Crippen LogP contribution in [0.3, 0.4) is 0 Å². The molecule has 2 atom stereocenters. The Balaban J connectivity index is 1.67. The predicted molar refractivity (Wildman–Crippen MR) is 102 cm³/mol. The van der Waals surface area contributed by atoms with E-state index in [1.165, 1.54) is 9.88 Å². The van der Waals surface area contributed by atoms with Gasteiger partial charge in [0, 0.05) is 26.2 Å². The first kappa shape index (κ1) is 20.9. The molecule has 0 aromatic heterocycles. The van der Waals surface area contributed by atoms with Gasteiger partial charge in [-0.25, -0.2) is 17.2 Å². The van der Waals surface area contributed by atoms with E-state index in [0.717, 1.165) is 12.1 Å². The predicted octanol–water partition coefficient (Wildman–Crippen LogP) is 3.04. The number of allylic oxidation sites excluding steroid dienone is 2. The van der Waals surface area contributed by atoms with Gasteiger partial charge in [0.1, 0.15) is 0 Å². The Labute approximate surface area is 165 Å². The third kappa shape index (κ3) is 3.72. The van der Waals surface area contributed by atoms with Crippen molar-refractivity contribution in [2.45, 2.75) is 32.6 Å². The number of hydrogen-bond acceptors (Lipinski definition) is 3. The molecule has 1 aliphatic heterocycles. The van der Waals surface area contributed by atoms with Gasteiger partial charge in [-0.1, -0.05) is 25.5 Å². The Morgan fingerprint density at radius 3 is 2.25 bits per heavy atom. The van der Waals surface area contributed by atoms with E-state index in [4.69, 9.17) is 0 Å². The van der Waals surface area contributed by atoms with Gasteiger partial charge in [-0.3, -0.25) is 4.79 Å². The minimum atomic E-state index is -3.93. The van der Waals surface area contributed by atoms with Crippen LogP contribution in [0.5, 0.6) is 0 Å². The van der Waals surface area contributed by atoms with Gasteiger partial charge in [-0.15, -0.1) is 0 Å². The summed E-state index contributed by atoms with van der Waals surface area (Å²) in [6.45, 7) is 9.01. The Kier molecular flexibility index (Phi) is 5.40. The second kappa shape index (κ2) is 7.22. The molecule has 1 aliphatic carbocycles. The largest absolute Gasteiger partial charge is 0.340 e. The third-order valence-corrected chi connectivity index (χ3v) is 7.66. The Hall–Kier alpha value is -1.80. The number of nitrogens with zero attached hydrogens (tertiary/aromatic N) is 2. The summed E-state index contributed by atoms with van der Waals surface area (Å²) in [5.41, 5.74) is 1.08. The van der Waals surface area contributed by atoms with Crippen LogP contribution in [0.4, 0.5) is 8.78 Å². The minimum Gasteiger partial charge on any atom is -0.340 e. The molecule has 0 N–H and O–H groups in total. The zero-order chi connectivity index (χ0) is 20.9. The molecule has 0 radical (unpaired) electrons. The molecule has 3 rings (SSSR count). The fraction of sp³-hybridized carbons (Fsp3) is 0.550. The van der Waals surface area contributed by atoms with E-state index in [-0.39, 0.29) is 54.2 Å². The monoisotopic (exact) mass is 412 g/mol. The molecule has 2 unspecified atom stereocenters. The average Bonchev–Trinajstić information content (AvgIpc) is 3.15. The van der Waals surface area contributed by atoms with E-state index in [1.54, 1.807) is 4.90 Å². The molecule has 1 aromatic rings. The van der Waals surface area contributed by atoms with Crippen molar-refractivity contribution in [2.24, 2.45) is 17.3 Å². The van der Waals surface area contributed by atoms with Gasteiger partial charge < -0.3 is 4.90 Å². The molecule has 0 bridgehead atoms. The summed E-state index contributed by atoms with van der Waals surface area (Å²) in [6.07, 6.45) is 2.13. The minimum absolute atomic E-state index is 0.0531. The number of sulfonamides is 1. The van der Waals surface area contributed by atoms with Crippen molar-refractivity contribution < 1.29 is 22.0 Å². The van der Waals surface area contributed by atoms with Crippen molar-refractivity contribution in [3.05, 3.63) is 41.5 Å². The van der Waals surface area contributed by atoms with Crippen LogP contribution in [0.2, 0.25) is 0 Å². The molecule has 1 saturated heterocycles. The molecular formula is C20H26F2N2O3S. The van der Waals surface area contributed by atoms with Crippen molar-refractivity contribution in [1.29, 1.82) is 0 Å². The molecular weight excluding hydrogens is 386 g/mol. The van der Waals surface area contributed by atoms with Crippen LogP contribution in [0, 0.1) is 28.9 Å². The molecule has 28 heavy (non-hydrogen) atoms. The normalized spacial score (nSPS) is 24.7.